The van der Waals surface area contributed by atoms with Gasteiger partial charge in [-0.25, -0.2) is 9.37 Å². The molecule has 3 atom stereocenters. The lowest BCUT2D eigenvalue weighted by Crippen LogP contribution is -2.52. The standard InChI is InChI=1S/C28H28FN5O3/c1-15(2)19(12-24(35)23-10-16-6-5-7-20(29)25(16)30-23)27(36)33-13-18-11-17(33)14-34(18)28(37)26-31-21-8-3-4-9-22(21)32-26/h3-10,15,17-19,30H,11-14H2,1-2H3,(H,31,32)/t17-,18-,19-/m0/s1. The summed E-state index contributed by atoms with van der Waals surface area (Å²) < 4.78 is 14.1. The highest BCUT2D eigenvalue weighted by molar-refractivity contribution is 6.01. The average Bonchev–Trinajstić information content (AvgIpc) is 3.67. The molecule has 2 aromatic carbocycles. The van der Waals surface area contributed by atoms with E-state index in [1.165, 1.54) is 6.07 Å². The molecule has 2 aromatic heterocycles. The number of hydrogen-bond donors (Lipinski definition) is 2. The third-order valence-electron chi connectivity index (χ3n) is 7.81. The smallest absolute Gasteiger partial charge is 0.290 e. The molecule has 9 heteroatoms. The van der Waals surface area contributed by atoms with Crippen molar-refractivity contribution < 1.29 is 18.8 Å². The van der Waals surface area contributed by atoms with Gasteiger partial charge in [0, 0.05) is 30.8 Å². The molecule has 190 valence electrons. The molecule has 2 aliphatic rings. The molecule has 2 amide bonds. The molecule has 2 saturated heterocycles. The number of aromatic amines is 2. The van der Waals surface area contributed by atoms with Crippen LogP contribution < -0.4 is 0 Å². The Hall–Kier alpha value is -4.01. The zero-order chi connectivity index (χ0) is 25.8. The maximum absolute atomic E-state index is 14.1. The minimum absolute atomic E-state index is 0.0421. The lowest BCUT2D eigenvalue weighted by Gasteiger charge is -2.36. The summed E-state index contributed by atoms with van der Waals surface area (Å²) in [6.07, 6.45) is 0.762. The highest BCUT2D eigenvalue weighted by atomic mass is 19.1. The van der Waals surface area contributed by atoms with Crippen LogP contribution in [0.5, 0.6) is 0 Å². The number of aromatic nitrogens is 3. The number of rotatable bonds is 6. The second-order valence-corrected chi connectivity index (χ2v) is 10.5. The fourth-order valence-corrected chi connectivity index (χ4v) is 5.78. The van der Waals surface area contributed by atoms with E-state index in [1.807, 2.05) is 43.0 Å². The van der Waals surface area contributed by atoms with Gasteiger partial charge in [0.05, 0.1) is 34.3 Å². The maximum Gasteiger partial charge on any atom is 0.290 e. The zero-order valence-corrected chi connectivity index (χ0v) is 20.7. The number of imidazole rings is 1. The number of nitrogens with one attached hydrogen (secondary N) is 2. The normalized spacial score (nSPS) is 19.9. The van der Waals surface area contributed by atoms with Gasteiger partial charge in [-0.05, 0) is 36.6 Å². The lowest BCUT2D eigenvalue weighted by atomic mass is 9.88. The Morgan fingerprint density at radius 1 is 1.03 bits per heavy atom. The summed E-state index contributed by atoms with van der Waals surface area (Å²) in [5, 5.41) is 0.627. The van der Waals surface area contributed by atoms with Crippen molar-refractivity contribution in [3.63, 3.8) is 0 Å². The van der Waals surface area contributed by atoms with Crippen molar-refractivity contribution in [2.75, 3.05) is 13.1 Å². The summed E-state index contributed by atoms with van der Waals surface area (Å²) in [7, 11) is 0. The van der Waals surface area contributed by atoms with Gasteiger partial charge in [-0.15, -0.1) is 0 Å². The Balaban J connectivity index is 1.15. The van der Waals surface area contributed by atoms with E-state index in [2.05, 4.69) is 15.0 Å². The fourth-order valence-electron chi connectivity index (χ4n) is 5.78. The van der Waals surface area contributed by atoms with Gasteiger partial charge >= 0.3 is 0 Å². The third-order valence-corrected chi connectivity index (χ3v) is 7.81. The van der Waals surface area contributed by atoms with Crippen LogP contribution in [-0.4, -0.2) is 67.5 Å². The Morgan fingerprint density at radius 2 is 1.78 bits per heavy atom. The van der Waals surface area contributed by atoms with Crippen molar-refractivity contribution in [1.29, 1.82) is 0 Å². The molecule has 2 bridgehead atoms. The van der Waals surface area contributed by atoms with Gasteiger partial charge < -0.3 is 19.8 Å². The van der Waals surface area contributed by atoms with Gasteiger partial charge in [0.1, 0.15) is 5.82 Å². The third kappa shape index (κ3) is 3.98. The van der Waals surface area contributed by atoms with E-state index >= 15 is 0 Å². The largest absolute Gasteiger partial charge is 0.350 e. The number of ketones is 1. The highest BCUT2D eigenvalue weighted by Gasteiger charge is 2.49. The average molecular weight is 502 g/mol. The van der Waals surface area contributed by atoms with Gasteiger partial charge in [-0.3, -0.25) is 14.4 Å². The van der Waals surface area contributed by atoms with E-state index in [4.69, 9.17) is 0 Å². The number of benzene rings is 2. The molecule has 37 heavy (non-hydrogen) atoms. The molecule has 4 aromatic rings. The van der Waals surface area contributed by atoms with Crippen LogP contribution in [0.4, 0.5) is 4.39 Å². The van der Waals surface area contributed by atoms with Crippen LogP contribution in [0.15, 0.2) is 48.5 Å². The molecule has 2 aliphatic heterocycles. The summed E-state index contributed by atoms with van der Waals surface area (Å²) in [5.41, 5.74) is 2.16. The second kappa shape index (κ2) is 8.83. The molecule has 6 rings (SSSR count). The number of carbonyl (C=O) groups excluding carboxylic acids is 3. The van der Waals surface area contributed by atoms with Crippen LogP contribution in [-0.2, 0) is 4.79 Å². The maximum atomic E-state index is 14.1. The first-order valence-corrected chi connectivity index (χ1v) is 12.7. The van der Waals surface area contributed by atoms with Gasteiger partial charge in [0.2, 0.25) is 5.91 Å². The van der Waals surface area contributed by atoms with Crippen LogP contribution in [0.1, 0.15) is 47.8 Å². The van der Waals surface area contributed by atoms with E-state index in [1.54, 1.807) is 23.1 Å². The van der Waals surface area contributed by atoms with Gasteiger partial charge in [0.15, 0.2) is 11.6 Å². The Kier molecular flexibility index (Phi) is 5.58. The van der Waals surface area contributed by atoms with Gasteiger partial charge in [-0.2, -0.15) is 0 Å². The molecular formula is C28H28FN5O3. The van der Waals surface area contributed by atoms with E-state index in [0.717, 1.165) is 17.5 Å². The van der Waals surface area contributed by atoms with Crippen molar-refractivity contribution >= 4 is 39.5 Å². The second-order valence-electron chi connectivity index (χ2n) is 10.5. The first-order valence-electron chi connectivity index (χ1n) is 12.7. The van der Waals surface area contributed by atoms with Crippen molar-refractivity contribution in [3.05, 3.63) is 65.9 Å². The highest BCUT2D eigenvalue weighted by Crippen LogP contribution is 2.34. The van der Waals surface area contributed by atoms with Crippen LogP contribution >= 0.6 is 0 Å². The monoisotopic (exact) mass is 501 g/mol. The fraction of sp³-hybridized carbons (Fsp3) is 0.357. The van der Waals surface area contributed by atoms with Gasteiger partial charge in [-0.1, -0.05) is 38.1 Å². The minimum atomic E-state index is -0.498. The molecular weight excluding hydrogens is 473 g/mol. The zero-order valence-electron chi connectivity index (χ0n) is 20.7. The molecule has 4 heterocycles. The number of para-hydroxylation sites is 3. The molecule has 2 fully saturated rings. The van der Waals surface area contributed by atoms with Crippen LogP contribution in [0, 0.1) is 17.7 Å². The van der Waals surface area contributed by atoms with Crippen molar-refractivity contribution in [1.82, 2.24) is 24.8 Å². The van der Waals surface area contributed by atoms with E-state index < -0.39 is 11.7 Å². The Morgan fingerprint density at radius 3 is 2.49 bits per heavy atom. The summed E-state index contributed by atoms with van der Waals surface area (Å²) in [4.78, 5) is 54.0. The summed E-state index contributed by atoms with van der Waals surface area (Å²) in [5.74, 6) is -1.08. The number of hydrogen-bond acceptors (Lipinski definition) is 4. The van der Waals surface area contributed by atoms with Crippen LogP contribution in [0.3, 0.4) is 0 Å². The van der Waals surface area contributed by atoms with E-state index in [-0.39, 0.29) is 42.0 Å². The van der Waals surface area contributed by atoms with Gasteiger partial charge in [0.25, 0.3) is 5.91 Å². The molecule has 0 spiro atoms. The Bertz CT molecular complexity index is 1510. The number of fused-ring (bicyclic) bond motifs is 4. The molecule has 2 N–H and O–H groups in total. The number of Topliss-reactive ketones (excluding diaryl/α,β-unsaturated/α-hetero) is 1. The topological polar surface area (TPSA) is 102 Å². The number of piperazine rings is 1. The number of H-pyrrole nitrogens is 2. The van der Waals surface area contributed by atoms with Crippen molar-refractivity contribution in [3.8, 4) is 0 Å². The van der Waals surface area contributed by atoms with Crippen molar-refractivity contribution in [2.24, 2.45) is 11.8 Å². The molecule has 0 unspecified atom stereocenters. The predicted octanol–water partition coefficient (Wildman–Crippen LogP) is 4.15. The first kappa shape index (κ1) is 23.4. The SMILES string of the molecule is CC(C)[C@H](CC(=O)c1cc2cccc(F)c2[nH]1)C(=O)N1C[C@@H]2C[C@H]1CN2C(=O)c1nc2ccccc2[nH]1. The number of carbonyl (C=O) groups is 3. The summed E-state index contributed by atoms with van der Waals surface area (Å²) in [6.45, 7) is 4.77. The molecule has 0 radical (unpaired) electrons. The number of amides is 2. The van der Waals surface area contributed by atoms with E-state index in [0.29, 0.717) is 35.5 Å². The molecule has 0 aliphatic carbocycles. The molecule has 0 saturated carbocycles. The van der Waals surface area contributed by atoms with Crippen LogP contribution in [0.25, 0.3) is 21.9 Å². The van der Waals surface area contributed by atoms with Crippen molar-refractivity contribution in [2.45, 2.75) is 38.8 Å². The molecule has 8 nitrogen and oxygen atoms in total. The summed E-state index contributed by atoms with van der Waals surface area (Å²) in [6, 6.07) is 13.7. The number of likely N-dealkylation sites (tertiary alicyclic amines) is 2. The first-order chi connectivity index (χ1) is 17.8. The number of halogens is 1. The number of nitrogens with zero attached hydrogens (tertiary/aromatic N) is 3. The minimum Gasteiger partial charge on any atom is -0.350 e. The summed E-state index contributed by atoms with van der Waals surface area (Å²) >= 11 is 0. The van der Waals surface area contributed by atoms with E-state index in [9.17, 15) is 18.8 Å². The lowest BCUT2D eigenvalue weighted by molar-refractivity contribution is -0.139. The predicted molar refractivity (Wildman–Crippen MR) is 137 cm³/mol. The Labute approximate surface area is 212 Å². The van der Waals surface area contributed by atoms with Crippen LogP contribution in [0.2, 0.25) is 0 Å². The quantitative estimate of drug-likeness (QED) is 0.388.